The van der Waals surface area contributed by atoms with Gasteiger partial charge < -0.3 is 0 Å². The molecule has 1 heterocycles. The Balaban J connectivity index is 0.00000243. The molecule has 0 atom stereocenters. The van der Waals surface area contributed by atoms with Crippen molar-refractivity contribution in [2.45, 2.75) is 30.3 Å². The number of likely N-dealkylation sites (tertiary alicyclic amines) is 1. The first-order valence-electron chi connectivity index (χ1n) is 8.18. The monoisotopic (exact) mass is 418 g/mol. The van der Waals surface area contributed by atoms with Crippen LogP contribution in [0.25, 0.3) is 0 Å². The SMILES string of the molecule is Cl.O=S(=O)(NC1CCN(Cc2ccccc2)CC1)c1ccc(F)c(Cl)c1. The number of rotatable bonds is 5. The fraction of sp³-hybridized carbons (Fsp3) is 0.333. The third-order valence-corrected chi connectivity index (χ3v) is 6.17. The summed E-state index contributed by atoms with van der Waals surface area (Å²) in [5, 5.41) is -0.194. The van der Waals surface area contributed by atoms with E-state index in [0.717, 1.165) is 44.6 Å². The average Bonchev–Trinajstić information content (AvgIpc) is 2.60. The van der Waals surface area contributed by atoms with Crippen molar-refractivity contribution >= 4 is 34.0 Å². The lowest BCUT2D eigenvalue weighted by atomic mass is 10.1. The summed E-state index contributed by atoms with van der Waals surface area (Å²) in [7, 11) is -3.70. The fourth-order valence-corrected chi connectivity index (χ4v) is 4.56. The molecule has 0 spiro atoms. The minimum atomic E-state index is -3.70. The van der Waals surface area contributed by atoms with Crippen LogP contribution in [0.3, 0.4) is 0 Å². The van der Waals surface area contributed by atoms with Crippen LogP contribution in [0.5, 0.6) is 0 Å². The van der Waals surface area contributed by atoms with Crippen molar-refractivity contribution in [1.29, 1.82) is 0 Å². The number of sulfonamides is 1. The standard InChI is InChI=1S/C18H20ClFN2O2S.ClH/c19-17-12-16(6-7-18(17)20)25(23,24)21-15-8-10-22(11-9-15)13-14-4-2-1-3-5-14;/h1-7,12,15,21H,8-11,13H2;1H. The van der Waals surface area contributed by atoms with Gasteiger partial charge in [-0.15, -0.1) is 12.4 Å². The highest BCUT2D eigenvalue weighted by molar-refractivity contribution is 7.89. The third-order valence-electron chi connectivity index (χ3n) is 4.36. The first kappa shape index (κ1) is 21.1. The van der Waals surface area contributed by atoms with Crippen molar-refractivity contribution in [1.82, 2.24) is 9.62 Å². The molecule has 8 heteroatoms. The van der Waals surface area contributed by atoms with Crippen LogP contribution in [0, 0.1) is 5.82 Å². The smallest absolute Gasteiger partial charge is 0.240 e. The van der Waals surface area contributed by atoms with Gasteiger partial charge in [-0.25, -0.2) is 17.5 Å². The zero-order chi connectivity index (χ0) is 17.9. The van der Waals surface area contributed by atoms with Gasteiger partial charge in [0.05, 0.1) is 9.92 Å². The largest absolute Gasteiger partial charge is 0.299 e. The number of hydrogen-bond acceptors (Lipinski definition) is 3. The third kappa shape index (κ3) is 5.41. The van der Waals surface area contributed by atoms with Gasteiger partial charge in [-0.05, 0) is 36.6 Å². The zero-order valence-electron chi connectivity index (χ0n) is 14.1. The first-order valence-corrected chi connectivity index (χ1v) is 10.0. The van der Waals surface area contributed by atoms with Crippen molar-refractivity contribution in [2.24, 2.45) is 0 Å². The van der Waals surface area contributed by atoms with E-state index in [1.165, 1.54) is 11.6 Å². The van der Waals surface area contributed by atoms with E-state index in [4.69, 9.17) is 11.6 Å². The van der Waals surface area contributed by atoms with Crippen LogP contribution in [-0.4, -0.2) is 32.4 Å². The van der Waals surface area contributed by atoms with Crippen LogP contribution < -0.4 is 4.72 Å². The van der Waals surface area contributed by atoms with Gasteiger partial charge in [0.15, 0.2) is 0 Å². The zero-order valence-corrected chi connectivity index (χ0v) is 16.5. The van der Waals surface area contributed by atoms with Crippen molar-refractivity contribution in [3.63, 3.8) is 0 Å². The van der Waals surface area contributed by atoms with Gasteiger partial charge in [0.1, 0.15) is 5.82 Å². The molecule has 1 fully saturated rings. The van der Waals surface area contributed by atoms with Crippen LogP contribution >= 0.6 is 24.0 Å². The van der Waals surface area contributed by atoms with Gasteiger partial charge in [-0.3, -0.25) is 4.90 Å². The fourth-order valence-electron chi connectivity index (χ4n) is 2.98. The molecule has 0 amide bonds. The lowest BCUT2D eigenvalue weighted by Gasteiger charge is -2.32. The molecule has 4 nitrogen and oxygen atoms in total. The van der Waals surface area contributed by atoms with E-state index in [0.29, 0.717) is 0 Å². The predicted octanol–water partition coefficient (Wildman–Crippen LogP) is 3.84. The maximum absolute atomic E-state index is 13.2. The van der Waals surface area contributed by atoms with E-state index in [1.807, 2.05) is 18.2 Å². The summed E-state index contributed by atoms with van der Waals surface area (Å²) in [5.74, 6) is -0.630. The Morgan fingerprint density at radius 1 is 1.12 bits per heavy atom. The molecule has 0 aromatic heterocycles. The second-order valence-corrected chi connectivity index (χ2v) is 8.35. The molecule has 2 aromatic rings. The Labute approximate surface area is 164 Å². The van der Waals surface area contributed by atoms with Gasteiger partial charge in [-0.2, -0.15) is 0 Å². The van der Waals surface area contributed by atoms with E-state index >= 15 is 0 Å². The molecule has 1 aliphatic heterocycles. The maximum atomic E-state index is 13.2. The highest BCUT2D eigenvalue weighted by Crippen LogP contribution is 2.21. The molecular weight excluding hydrogens is 398 g/mol. The molecule has 0 saturated carbocycles. The molecule has 1 aliphatic rings. The highest BCUT2D eigenvalue weighted by Gasteiger charge is 2.25. The summed E-state index contributed by atoms with van der Waals surface area (Å²) in [6.07, 6.45) is 1.47. The van der Waals surface area contributed by atoms with Crippen molar-refractivity contribution < 1.29 is 12.8 Å². The maximum Gasteiger partial charge on any atom is 0.240 e. The molecule has 1 N–H and O–H groups in total. The summed E-state index contributed by atoms with van der Waals surface area (Å²) < 4.78 is 40.8. The summed E-state index contributed by atoms with van der Waals surface area (Å²) in [4.78, 5) is 2.31. The van der Waals surface area contributed by atoms with Gasteiger partial charge in [-0.1, -0.05) is 41.9 Å². The van der Waals surface area contributed by atoms with Crippen molar-refractivity contribution in [3.8, 4) is 0 Å². The van der Waals surface area contributed by atoms with Crippen LogP contribution in [0.1, 0.15) is 18.4 Å². The number of nitrogens with zero attached hydrogens (tertiary/aromatic N) is 1. The molecule has 0 unspecified atom stereocenters. The predicted molar refractivity (Wildman–Crippen MR) is 104 cm³/mol. The Morgan fingerprint density at radius 3 is 2.38 bits per heavy atom. The molecule has 142 valence electrons. The highest BCUT2D eigenvalue weighted by atomic mass is 35.5. The number of nitrogens with one attached hydrogen (secondary N) is 1. The molecule has 1 saturated heterocycles. The topological polar surface area (TPSA) is 49.4 Å². The first-order chi connectivity index (χ1) is 11.9. The molecular formula is C18H21Cl2FN2O2S. The summed E-state index contributed by atoms with van der Waals surface area (Å²) >= 11 is 5.68. The minimum Gasteiger partial charge on any atom is -0.299 e. The van der Waals surface area contributed by atoms with Crippen molar-refractivity contribution in [2.75, 3.05) is 13.1 Å². The normalized spacial score (nSPS) is 16.2. The molecule has 0 radical (unpaired) electrons. The summed E-state index contributed by atoms with van der Waals surface area (Å²) in [5.41, 5.74) is 1.25. The minimum absolute atomic E-state index is 0. The Kier molecular flexibility index (Phi) is 7.43. The van der Waals surface area contributed by atoms with Crippen LogP contribution in [-0.2, 0) is 16.6 Å². The Bertz CT molecular complexity index is 826. The molecule has 26 heavy (non-hydrogen) atoms. The number of halogens is 3. The van der Waals surface area contributed by atoms with E-state index in [1.54, 1.807) is 0 Å². The molecule has 0 bridgehead atoms. The van der Waals surface area contributed by atoms with E-state index in [2.05, 4.69) is 21.8 Å². The van der Waals surface area contributed by atoms with Gasteiger partial charge in [0.2, 0.25) is 10.0 Å². The van der Waals surface area contributed by atoms with Crippen LogP contribution in [0.15, 0.2) is 53.4 Å². The quantitative estimate of drug-likeness (QED) is 0.801. The number of benzene rings is 2. The average molecular weight is 419 g/mol. The van der Waals surface area contributed by atoms with Gasteiger partial charge >= 0.3 is 0 Å². The van der Waals surface area contributed by atoms with E-state index < -0.39 is 15.8 Å². The number of hydrogen-bond donors (Lipinski definition) is 1. The lowest BCUT2D eigenvalue weighted by Crippen LogP contribution is -2.44. The second-order valence-electron chi connectivity index (χ2n) is 6.23. The lowest BCUT2D eigenvalue weighted by molar-refractivity contribution is 0.200. The molecule has 2 aromatic carbocycles. The van der Waals surface area contributed by atoms with E-state index in [-0.39, 0.29) is 28.4 Å². The van der Waals surface area contributed by atoms with Gasteiger partial charge in [0.25, 0.3) is 0 Å². The van der Waals surface area contributed by atoms with E-state index in [9.17, 15) is 12.8 Å². The molecule has 0 aliphatic carbocycles. The summed E-state index contributed by atoms with van der Waals surface area (Å²) in [6, 6.07) is 13.5. The second kappa shape index (κ2) is 9.15. The van der Waals surface area contributed by atoms with Crippen LogP contribution in [0.2, 0.25) is 5.02 Å². The van der Waals surface area contributed by atoms with Gasteiger partial charge in [0, 0.05) is 25.7 Å². The summed E-state index contributed by atoms with van der Waals surface area (Å²) in [6.45, 7) is 2.52. The molecule has 3 rings (SSSR count). The Hall–Kier alpha value is -1.18. The van der Waals surface area contributed by atoms with Crippen molar-refractivity contribution in [3.05, 3.63) is 64.9 Å². The number of piperidine rings is 1. The van der Waals surface area contributed by atoms with Crippen LogP contribution in [0.4, 0.5) is 4.39 Å². The Morgan fingerprint density at radius 2 is 1.77 bits per heavy atom.